The summed E-state index contributed by atoms with van der Waals surface area (Å²) in [4.78, 5) is 10.6. The zero-order chi connectivity index (χ0) is 15.8. The van der Waals surface area contributed by atoms with Crippen molar-refractivity contribution in [3.05, 3.63) is 65.5 Å². The van der Waals surface area contributed by atoms with Crippen LogP contribution in [-0.4, -0.2) is 17.6 Å². The Morgan fingerprint density at radius 1 is 1.09 bits per heavy atom. The monoisotopic (exact) mass is 301 g/mol. The number of halogens is 1. The van der Waals surface area contributed by atoms with Crippen LogP contribution in [0, 0.1) is 5.82 Å². The van der Waals surface area contributed by atoms with Crippen LogP contribution >= 0.6 is 0 Å². The van der Waals surface area contributed by atoms with E-state index < -0.39 is 5.97 Å². The standard InChI is InChI=1S/C18H20FNO2/c19-17-10-9-16(13-15(17)8-11-18(21)22)20-12-4-7-14-5-2-1-3-6-14/h1-3,5-6,9-10,13,20H,4,7-8,11-12H2,(H,21,22). The minimum atomic E-state index is -0.916. The van der Waals surface area contributed by atoms with Gasteiger partial charge in [0.2, 0.25) is 0 Å². The molecule has 0 aromatic heterocycles. The lowest BCUT2D eigenvalue weighted by Gasteiger charge is -2.09. The van der Waals surface area contributed by atoms with E-state index in [0.29, 0.717) is 5.56 Å². The first kappa shape index (κ1) is 16.0. The Morgan fingerprint density at radius 3 is 2.59 bits per heavy atom. The summed E-state index contributed by atoms with van der Waals surface area (Å²) in [5.74, 6) is -1.27. The Morgan fingerprint density at radius 2 is 1.86 bits per heavy atom. The van der Waals surface area contributed by atoms with E-state index in [1.165, 1.54) is 11.6 Å². The van der Waals surface area contributed by atoms with E-state index in [-0.39, 0.29) is 18.7 Å². The van der Waals surface area contributed by atoms with Crippen molar-refractivity contribution in [2.24, 2.45) is 0 Å². The van der Waals surface area contributed by atoms with Crippen LogP contribution in [0.15, 0.2) is 48.5 Å². The molecule has 2 rings (SSSR count). The van der Waals surface area contributed by atoms with Crippen LogP contribution in [0.2, 0.25) is 0 Å². The minimum absolute atomic E-state index is 0.0611. The summed E-state index contributed by atoms with van der Waals surface area (Å²) in [6.07, 6.45) is 2.11. The Hall–Kier alpha value is -2.36. The number of benzene rings is 2. The zero-order valence-electron chi connectivity index (χ0n) is 12.4. The number of nitrogens with one attached hydrogen (secondary N) is 1. The molecular weight excluding hydrogens is 281 g/mol. The van der Waals surface area contributed by atoms with Gasteiger partial charge in [0, 0.05) is 18.7 Å². The molecule has 22 heavy (non-hydrogen) atoms. The normalized spacial score (nSPS) is 10.4. The number of rotatable bonds is 8. The number of aryl methyl sites for hydroxylation is 2. The highest BCUT2D eigenvalue weighted by Crippen LogP contribution is 2.16. The van der Waals surface area contributed by atoms with Crippen molar-refractivity contribution in [3.63, 3.8) is 0 Å². The van der Waals surface area contributed by atoms with E-state index in [2.05, 4.69) is 17.4 Å². The van der Waals surface area contributed by atoms with Crippen LogP contribution in [0.5, 0.6) is 0 Å². The molecule has 0 unspecified atom stereocenters. The molecule has 0 bridgehead atoms. The van der Waals surface area contributed by atoms with Gasteiger partial charge < -0.3 is 10.4 Å². The second kappa shape index (κ2) is 8.17. The van der Waals surface area contributed by atoms with Gasteiger partial charge in [0.15, 0.2) is 0 Å². The Kier molecular flexibility index (Phi) is 5.95. The van der Waals surface area contributed by atoms with Gasteiger partial charge in [-0.3, -0.25) is 4.79 Å². The maximum Gasteiger partial charge on any atom is 0.303 e. The van der Waals surface area contributed by atoms with Gasteiger partial charge in [0.25, 0.3) is 0 Å². The average molecular weight is 301 g/mol. The highest BCUT2D eigenvalue weighted by Gasteiger charge is 2.06. The quantitative estimate of drug-likeness (QED) is 0.727. The predicted molar refractivity (Wildman–Crippen MR) is 85.6 cm³/mol. The predicted octanol–water partition coefficient (Wildman–Crippen LogP) is 3.89. The summed E-state index contributed by atoms with van der Waals surface area (Å²) < 4.78 is 13.6. The lowest BCUT2D eigenvalue weighted by atomic mass is 10.1. The largest absolute Gasteiger partial charge is 0.481 e. The molecule has 3 nitrogen and oxygen atoms in total. The number of hydrogen-bond acceptors (Lipinski definition) is 2. The molecule has 0 aliphatic rings. The number of aliphatic carboxylic acids is 1. The van der Waals surface area contributed by atoms with E-state index >= 15 is 0 Å². The maximum absolute atomic E-state index is 13.6. The van der Waals surface area contributed by atoms with E-state index in [1.54, 1.807) is 12.1 Å². The van der Waals surface area contributed by atoms with E-state index in [9.17, 15) is 9.18 Å². The van der Waals surface area contributed by atoms with Crippen LogP contribution in [0.3, 0.4) is 0 Å². The van der Waals surface area contributed by atoms with Crippen LogP contribution in [-0.2, 0) is 17.6 Å². The van der Waals surface area contributed by atoms with Crippen molar-refractivity contribution in [2.75, 3.05) is 11.9 Å². The van der Waals surface area contributed by atoms with Gasteiger partial charge in [-0.05, 0) is 48.6 Å². The fourth-order valence-electron chi connectivity index (χ4n) is 2.29. The van der Waals surface area contributed by atoms with Gasteiger partial charge in [-0.25, -0.2) is 4.39 Å². The molecule has 0 saturated heterocycles. The summed E-state index contributed by atoms with van der Waals surface area (Å²) in [5.41, 5.74) is 2.57. The summed E-state index contributed by atoms with van der Waals surface area (Å²) >= 11 is 0. The third-order valence-corrected chi connectivity index (χ3v) is 3.47. The molecule has 0 spiro atoms. The van der Waals surface area contributed by atoms with Crippen LogP contribution < -0.4 is 5.32 Å². The lowest BCUT2D eigenvalue weighted by Crippen LogP contribution is -2.05. The molecule has 0 fully saturated rings. The fraction of sp³-hybridized carbons (Fsp3) is 0.278. The molecule has 0 aliphatic carbocycles. The molecule has 4 heteroatoms. The molecule has 0 radical (unpaired) electrons. The molecule has 0 atom stereocenters. The highest BCUT2D eigenvalue weighted by atomic mass is 19.1. The molecule has 0 amide bonds. The van der Waals surface area contributed by atoms with Crippen molar-refractivity contribution >= 4 is 11.7 Å². The number of carbonyl (C=O) groups is 1. The van der Waals surface area contributed by atoms with E-state index in [0.717, 1.165) is 25.1 Å². The molecule has 2 aromatic rings. The zero-order valence-corrected chi connectivity index (χ0v) is 12.4. The molecule has 116 valence electrons. The van der Waals surface area contributed by atoms with E-state index in [1.807, 2.05) is 18.2 Å². The first-order valence-corrected chi connectivity index (χ1v) is 7.43. The lowest BCUT2D eigenvalue weighted by molar-refractivity contribution is -0.136. The van der Waals surface area contributed by atoms with Crippen LogP contribution in [0.1, 0.15) is 24.0 Å². The Labute approximate surface area is 129 Å². The molecule has 0 saturated carbocycles. The first-order chi connectivity index (χ1) is 10.6. The molecule has 2 N–H and O–H groups in total. The van der Waals surface area contributed by atoms with E-state index in [4.69, 9.17) is 5.11 Å². The van der Waals surface area contributed by atoms with Crippen molar-refractivity contribution in [1.82, 2.24) is 0 Å². The van der Waals surface area contributed by atoms with Gasteiger partial charge in [-0.2, -0.15) is 0 Å². The second-order valence-corrected chi connectivity index (χ2v) is 5.22. The number of hydrogen-bond donors (Lipinski definition) is 2. The van der Waals surface area contributed by atoms with Gasteiger partial charge in [0.05, 0.1) is 0 Å². The molecule has 2 aromatic carbocycles. The van der Waals surface area contributed by atoms with Gasteiger partial charge in [-0.1, -0.05) is 30.3 Å². The third kappa shape index (κ3) is 5.20. The topological polar surface area (TPSA) is 49.3 Å². The van der Waals surface area contributed by atoms with Crippen LogP contribution in [0.4, 0.5) is 10.1 Å². The number of carboxylic acids is 1. The fourth-order valence-corrected chi connectivity index (χ4v) is 2.29. The number of anilines is 1. The molecule has 0 aliphatic heterocycles. The van der Waals surface area contributed by atoms with Gasteiger partial charge >= 0.3 is 5.97 Å². The summed E-state index contributed by atoms with van der Waals surface area (Å²) in [7, 11) is 0. The molecular formula is C18H20FNO2. The third-order valence-electron chi connectivity index (χ3n) is 3.47. The average Bonchev–Trinajstić information content (AvgIpc) is 2.52. The Balaban J connectivity index is 1.82. The highest BCUT2D eigenvalue weighted by molar-refractivity contribution is 5.67. The van der Waals surface area contributed by atoms with Crippen molar-refractivity contribution in [1.29, 1.82) is 0 Å². The summed E-state index contributed by atoms with van der Waals surface area (Å²) in [6.45, 7) is 0.791. The summed E-state index contributed by atoms with van der Waals surface area (Å²) in [6, 6.07) is 15.0. The smallest absolute Gasteiger partial charge is 0.303 e. The molecule has 0 heterocycles. The SMILES string of the molecule is O=C(O)CCc1cc(NCCCc2ccccc2)ccc1F. The van der Waals surface area contributed by atoms with Crippen molar-refractivity contribution < 1.29 is 14.3 Å². The summed E-state index contributed by atoms with van der Waals surface area (Å²) in [5, 5.41) is 11.9. The van der Waals surface area contributed by atoms with Crippen molar-refractivity contribution in [2.45, 2.75) is 25.7 Å². The minimum Gasteiger partial charge on any atom is -0.481 e. The second-order valence-electron chi connectivity index (χ2n) is 5.22. The maximum atomic E-state index is 13.6. The van der Waals surface area contributed by atoms with Gasteiger partial charge in [0.1, 0.15) is 5.82 Å². The number of carboxylic acid groups (broad SMARTS) is 1. The first-order valence-electron chi connectivity index (χ1n) is 7.43. The van der Waals surface area contributed by atoms with Crippen LogP contribution in [0.25, 0.3) is 0 Å². The van der Waals surface area contributed by atoms with Gasteiger partial charge in [-0.15, -0.1) is 0 Å². The van der Waals surface area contributed by atoms with Crippen molar-refractivity contribution in [3.8, 4) is 0 Å². The Bertz CT molecular complexity index is 614.